The van der Waals surface area contributed by atoms with Gasteiger partial charge in [0.1, 0.15) is 12.5 Å². The predicted octanol–water partition coefficient (Wildman–Crippen LogP) is 5.96. The van der Waals surface area contributed by atoms with Gasteiger partial charge in [0.05, 0.1) is 18.4 Å². The molecule has 0 fully saturated rings. The lowest BCUT2D eigenvalue weighted by atomic mass is 10.0. The normalized spacial score (nSPS) is 12.9. The number of aromatic nitrogens is 3. The van der Waals surface area contributed by atoms with Crippen molar-refractivity contribution in [3.05, 3.63) is 88.9 Å². The lowest BCUT2D eigenvalue weighted by molar-refractivity contribution is 0.191. The Morgan fingerprint density at radius 2 is 1.90 bits per heavy atom. The molecule has 2 aromatic carbocycles. The fourth-order valence-electron chi connectivity index (χ4n) is 5.08. The van der Waals surface area contributed by atoms with Gasteiger partial charge in [-0.1, -0.05) is 56.3 Å². The minimum absolute atomic E-state index is 0.517. The third kappa shape index (κ3) is 7.88. The van der Waals surface area contributed by atoms with E-state index in [-0.39, 0.29) is 0 Å². The molecule has 0 saturated carbocycles. The van der Waals surface area contributed by atoms with E-state index in [9.17, 15) is 4.39 Å². The topological polar surface area (TPSA) is 76.7 Å². The van der Waals surface area contributed by atoms with Crippen molar-refractivity contribution < 1.29 is 4.39 Å². The molecule has 2 N–H and O–H groups in total. The van der Waals surface area contributed by atoms with Crippen LogP contribution in [0.2, 0.25) is 0 Å². The summed E-state index contributed by atoms with van der Waals surface area (Å²) in [5.41, 5.74) is 12.3. The first kappa shape index (κ1) is 29.2. The minimum Gasteiger partial charge on any atom is -0.390 e. The Morgan fingerprint density at radius 3 is 2.65 bits per heavy atom. The summed E-state index contributed by atoms with van der Waals surface area (Å²) < 4.78 is 17.8. The van der Waals surface area contributed by atoms with E-state index in [1.54, 1.807) is 0 Å². The largest absolute Gasteiger partial charge is 0.390 e. The molecular formula is C32H42FN7. The summed E-state index contributed by atoms with van der Waals surface area (Å²) in [7, 11) is 0. The number of nitrogens with zero attached hydrogens (tertiary/aromatic N) is 6. The first-order chi connectivity index (χ1) is 19.5. The zero-order valence-electron chi connectivity index (χ0n) is 24.0. The second-order valence-electron chi connectivity index (χ2n) is 10.3. The van der Waals surface area contributed by atoms with Gasteiger partial charge in [-0.2, -0.15) is 10.2 Å². The maximum absolute atomic E-state index is 13.9. The molecule has 212 valence electrons. The van der Waals surface area contributed by atoms with Crippen LogP contribution in [-0.4, -0.2) is 57.8 Å². The molecule has 4 rings (SSSR count). The van der Waals surface area contributed by atoms with Crippen molar-refractivity contribution in [2.75, 3.05) is 19.6 Å². The van der Waals surface area contributed by atoms with Crippen molar-refractivity contribution >= 4 is 23.6 Å². The molecule has 7 nitrogen and oxygen atoms in total. The van der Waals surface area contributed by atoms with Crippen LogP contribution in [0.4, 0.5) is 4.39 Å². The van der Waals surface area contributed by atoms with Crippen LogP contribution in [0.3, 0.4) is 0 Å². The van der Waals surface area contributed by atoms with Crippen LogP contribution in [-0.2, 0) is 19.4 Å². The molecule has 0 aliphatic carbocycles. The van der Waals surface area contributed by atoms with E-state index < -0.39 is 6.17 Å². The number of alkyl halides is 1. The third-order valence-electron chi connectivity index (χ3n) is 7.42. The smallest absolute Gasteiger partial charge is 0.138 e. The Kier molecular flexibility index (Phi) is 10.6. The van der Waals surface area contributed by atoms with Gasteiger partial charge in [0.15, 0.2) is 0 Å². The van der Waals surface area contributed by atoms with E-state index in [1.165, 1.54) is 29.4 Å². The van der Waals surface area contributed by atoms with Crippen LogP contribution in [0.1, 0.15) is 61.2 Å². The van der Waals surface area contributed by atoms with Crippen molar-refractivity contribution in [1.29, 1.82) is 0 Å². The molecular weight excluding hydrogens is 501 g/mol. The number of rotatable bonds is 15. The van der Waals surface area contributed by atoms with Gasteiger partial charge in [-0.15, -0.1) is 0 Å². The summed E-state index contributed by atoms with van der Waals surface area (Å²) in [4.78, 5) is 6.17. The highest BCUT2D eigenvalue weighted by Crippen LogP contribution is 2.23. The summed E-state index contributed by atoms with van der Waals surface area (Å²) in [6.45, 7) is 9.14. The molecule has 1 unspecified atom stereocenters. The number of halogens is 1. The van der Waals surface area contributed by atoms with E-state index in [0.717, 1.165) is 67.6 Å². The standard InChI is InChI=1S/C32H42FN7/c1-4-30(33)22-38(5-2)16-10-9-13-31-19-29(25(3)40(31)36-24-35-23-34)17-27-14-15-28-21-39(37-32(28)18-27)20-26-11-7-6-8-12-26/h6-8,11-12,14-15,18-19,21,23-24,30H,4-5,9-10,13,16-17,20,22H2,1-3H3,(H2,34,35,36). The molecule has 8 heteroatoms. The Labute approximate surface area is 237 Å². The van der Waals surface area contributed by atoms with Gasteiger partial charge >= 0.3 is 0 Å². The van der Waals surface area contributed by atoms with Crippen LogP contribution in [0.25, 0.3) is 10.9 Å². The quantitative estimate of drug-likeness (QED) is 0.114. The van der Waals surface area contributed by atoms with E-state index in [4.69, 9.17) is 10.8 Å². The van der Waals surface area contributed by atoms with Crippen molar-refractivity contribution in [2.24, 2.45) is 15.8 Å². The molecule has 4 aromatic rings. The average molecular weight is 544 g/mol. The van der Waals surface area contributed by atoms with Crippen LogP contribution >= 0.6 is 0 Å². The highest BCUT2D eigenvalue weighted by Gasteiger charge is 2.14. The van der Waals surface area contributed by atoms with Crippen LogP contribution in [0.15, 0.2) is 70.9 Å². The number of aliphatic imine (C=N–C) groups is 1. The van der Waals surface area contributed by atoms with Gasteiger partial charge in [0.25, 0.3) is 0 Å². The SMILES string of the molecule is CCC(F)CN(CC)CCCCc1cc(Cc2ccc3cn(Cc4ccccc4)nc3c2)c(C)n1/N=C\N=CN. The fraction of sp³-hybridized carbons (Fsp3) is 0.406. The highest BCUT2D eigenvalue weighted by molar-refractivity contribution is 5.78. The number of fused-ring (bicyclic) bond motifs is 1. The van der Waals surface area contributed by atoms with Crippen molar-refractivity contribution in [1.82, 2.24) is 19.4 Å². The summed E-state index contributed by atoms with van der Waals surface area (Å²) in [5.74, 6) is 0. The number of unbranched alkanes of at least 4 members (excludes halogenated alkanes) is 1. The van der Waals surface area contributed by atoms with Gasteiger partial charge in [0, 0.05) is 29.5 Å². The molecule has 40 heavy (non-hydrogen) atoms. The molecule has 0 amide bonds. The lowest BCUT2D eigenvalue weighted by Crippen LogP contribution is -2.31. The number of hydrogen-bond donors (Lipinski definition) is 1. The Morgan fingerprint density at radius 1 is 1.07 bits per heavy atom. The maximum atomic E-state index is 13.9. The zero-order valence-corrected chi connectivity index (χ0v) is 24.0. The van der Waals surface area contributed by atoms with Crippen molar-refractivity contribution in [2.45, 2.75) is 65.6 Å². The van der Waals surface area contributed by atoms with E-state index in [1.807, 2.05) is 22.3 Å². The van der Waals surface area contributed by atoms with Gasteiger partial charge < -0.3 is 10.6 Å². The molecule has 0 radical (unpaired) electrons. The number of benzene rings is 2. The molecule has 0 spiro atoms. The number of hydrogen-bond acceptors (Lipinski definition) is 3. The van der Waals surface area contributed by atoms with E-state index >= 15 is 0 Å². The van der Waals surface area contributed by atoms with Crippen molar-refractivity contribution in [3.63, 3.8) is 0 Å². The summed E-state index contributed by atoms with van der Waals surface area (Å²) in [6.07, 6.45) is 8.33. The Hall–Kier alpha value is -3.78. The third-order valence-corrected chi connectivity index (χ3v) is 7.42. The van der Waals surface area contributed by atoms with Crippen molar-refractivity contribution in [3.8, 4) is 0 Å². The molecule has 2 aromatic heterocycles. The minimum atomic E-state index is -0.753. The van der Waals surface area contributed by atoms with Crippen LogP contribution in [0.5, 0.6) is 0 Å². The molecule has 0 aliphatic rings. The van der Waals surface area contributed by atoms with E-state index in [2.05, 4.69) is 83.6 Å². The summed E-state index contributed by atoms with van der Waals surface area (Å²) in [6, 6.07) is 19.2. The lowest BCUT2D eigenvalue weighted by Gasteiger charge is -2.21. The fourth-order valence-corrected chi connectivity index (χ4v) is 5.08. The zero-order chi connectivity index (χ0) is 28.3. The molecule has 0 bridgehead atoms. The average Bonchev–Trinajstić information content (AvgIpc) is 3.50. The molecule has 0 aliphatic heterocycles. The van der Waals surface area contributed by atoms with Gasteiger partial charge in [-0.05, 0) is 80.9 Å². The second kappa shape index (κ2) is 14.6. The van der Waals surface area contributed by atoms with Crippen LogP contribution < -0.4 is 5.73 Å². The number of aryl methyl sites for hydroxylation is 1. The molecule has 2 heterocycles. The highest BCUT2D eigenvalue weighted by atomic mass is 19.1. The summed E-state index contributed by atoms with van der Waals surface area (Å²) in [5, 5.41) is 10.5. The Balaban J connectivity index is 1.46. The second-order valence-corrected chi connectivity index (χ2v) is 10.3. The molecule has 1 atom stereocenters. The molecule has 0 saturated heterocycles. The first-order valence-electron chi connectivity index (χ1n) is 14.3. The first-order valence-corrected chi connectivity index (χ1v) is 14.3. The van der Waals surface area contributed by atoms with E-state index in [0.29, 0.717) is 13.0 Å². The maximum Gasteiger partial charge on any atom is 0.138 e. The Bertz CT molecular complexity index is 1400. The monoisotopic (exact) mass is 543 g/mol. The predicted molar refractivity (Wildman–Crippen MR) is 164 cm³/mol. The van der Waals surface area contributed by atoms with Gasteiger partial charge in [-0.3, -0.25) is 4.68 Å². The summed E-state index contributed by atoms with van der Waals surface area (Å²) >= 11 is 0. The van der Waals surface area contributed by atoms with Gasteiger partial charge in [-0.25, -0.2) is 14.1 Å². The van der Waals surface area contributed by atoms with Crippen LogP contribution in [0, 0.1) is 6.92 Å². The van der Waals surface area contributed by atoms with Gasteiger partial charge in [0.2, 0.25) is 0 Å². The number of nitrogens with two attached hydrogens (primary N) is 1.